The molecule has 1 aliphatic heterocycles. The van der Waals surface area contributed by atoms with Crippen molar-refractivity contribution in [3.05, 3.63) is 29.6 Å². The van der Waals surface area contributed by atoms with Crippen LogP contribution in [0.5, 0.6) is 5.75 Å². The molecule has 1 saturated heterocycles. The molecule has 1 amide bonds. The van der Waals surface area contributed by atoms with Gasteiger partial charge in [-0.3, -0.25) is 9.59 Å². The van der Waals surface area contributed by atoms with E-state index in [1.165, 1.54) is 19.2 Å². The van der Waals surface area contributed by atoms with Crippen LogP contribution in [0.25, 0.3) is 0 Å². The number of nitrogens with zero attached hydrogens (tertiary/aromatic N) is 1. The van der Waals surface area contributed by atoms with Crippen LogP contribution >= 0.6 is 0 Å². The molecule has 0 bridgehead atoms. The van der Waals surface area contributed by atoms with Crippen molar-refractivity contribution >= 4 is 11.9 Å². The number of alkyl halides is 3. The average Bonchev–Trinajstić information content (AvgIpc) is 2.93. The van der Waals surface area contributed by atoms with Crippen molar-refractivity contribution in [2.45, 2.75) is 12.6 Å². The summed E-state index contributed by atoms with van der Waals surface area (Å²) in [5.41, 5.74) is 0.264. The average molecular weight is 349 g/mol. The van der Waals surface area contributed by atoms with Gasteiger partial charge < -0.3 is 14.7 Å². The predicted molar refractivity (Wildman–Crippen MR) is 73.9 cm³/mol. The van der Waals surface area contributed by atoms with Gasteiger partial charge in [-0.15, -0.1) is 0 Å². The Kier molecular flexibility index (Phi) is 5.00. The maximum atomic E-state index is 13.6. The zero-order valence-electron chi connectivity index (χ0n) is 12.6. The number of likely N-dealkylation sites (tertiary alicyclic amines) is 1. The molecule has 1 N–H and O–H groups in total. The fourth-order valence-corrected chi connectivity index (χ4v) is 2.70. The van der Waals surface area contributed by atoms with Crippen molar-refractivity contribution in [3.8, 4) is 5.75 Å². The third-order valence-corrected chi connectivity index (χ3v) is 3.98. The minimum absolute atomic E-state index is 0.0181. The second-order valence-electron chi connectivity index (χ2n) is 5.54. The monoisotopic (exact) mass is 349 g/mol. The number of aliphatic carboxylic acids is 1. The Morgan fingerprint density at radius 2 is 2.00 bits per heavy atom. The minimum Gasteiger partial charge on any atom is -0.494 e. The van der Waals surface area contributed by atoms with E-state index in [0.29, 0.717) is 0 Å². The summed E-state index contributed by atoms with van der Waals surface area (Å²) >= 11 is 0. The van der Waals surface area contributed by atoms with Crippen molar-refractivity contribution < 1.29 is 37.0 Å². The first-order valence-electron chi connectivity index (χ1n) is 7.03. The highest BCUT2D eigenvalue weighted by molar-refractivity contribution is 5.81. The Balaban J connectivity index is 2.10. The molecule has 1 aromatic carbocycles. The topological polar surface area (TPSA) is 66.8 Å². The predicted octanol–water partition coefficient (Wildman–Crippen LogP) is 2.10. The molecule has 0 aromatic heterocycles. The lowest BCUT2D eigenvalue weighted by atomic mass is 9.96. The summed E-state index contributed by atoms with van der Waals surface area (Å²) in [6.07, 6.45) is -5.03. The van der Waals surface area contributed by atoms with Crippen LogP contribution in [-0.2, 0) is 16.0 Å². The van der Waals surface area contributed by atoms with Crippen molar-refractivity contribution in [1.29, 1.82) is 0 Å². The van der Waals surface area contributed by atoms with Crippen LogP contribution < -0.4 is 4.74 Å². The van der Waals surface area contributed by atoms with Crippen molar-refractivity contribution in [1.82, 2.24) is 4.90 Å². The molecule has 0 saturated carbocycles. The number of carboxylic acids is 1. The number of carbonyl (C=O) groups excluding carboxylic acids is 1. The first-order valence-corrected chi connectivity index (χ1v) is 7.03. The van der Waals surface area contributed by atoms with Crippen LogP contribution in [0.3, 0.4) is 0 Å². The summed E-state index contributed by atoms with van der Waals surface area (Å²) in [4.78, 5) is 24.0. The molecule has 5 nitrogen and oxygen atoms in total. The molecular formula is C15H15F4NO4. The van der Waals surface area contributed by atoms with E-state index in [-0.39, 0.29) is 17.7 Å². The van der Waals surface area contributed by atoms with E-state index in [0.717, 1.165) is 11.0 Å². The van der Waals surface area contributed by atoms with Crippen LogP contribution in [-0.4, -0.2) is 48.3 Å². The van der Waals surface area contributed by atoms with Gasteiger partial charge in [0.1, 0.15) is 0 Å². The van der Waals surface area contributed by atoms with Crippen molar-refractivity contribution in [2.24, 2.45) is 11.8 Å². The highest BCUT2D eigenvalue weighted by Gasteiger charge is 2.53. The molecule has 24 heavy (non-hydrogen) atoms. The molecule has 0 unspecified atom stereocenters. The third-order valence-electron chi connectivity index (χ3n) is 3.98. The zero-order valence-corrected chi connectivity index (χ0v) is 12.6. The number of carboxylic acid groups (broad SMARTS) is 1. The zero-order chi connectivity index (χ0) is 18.1. The van der Waals surface area contributed by atoms with E-state index >= 15 is 0 Å². The van der Waals surface area contributed by atoms with Crippen molar-refractivity contribution in [3.63, 3.8) is 0 Å². The quantitative estimate of drug-likeness (QED) is 0.846. The number of benzene rings is 1. The van der Waals surface area contributed by atoms with Gasteiger partial charge in [0.15, 0.2) is 11.6 Å². The Labute approximate surface area is 134 Å². The third kappa shape index (κ3) is 3.77. The molecule has 0 radical (unpaired) electrons. The molecule has 0 spiro atoms. The molecule has 2 rings (SSSR count). The van der Waals surface area contributed by atoms with Gasteiger partial charge in [-0.2, -0.15) is 13.2 Å². The Bertz CT molecular complexity index is 647. The fraction of sp³-hybridized carbons (Fsp3) is 0.467. The summed E-state index contributed by atoms with van der Waals surface area (Å²) in [5, 5.41) is 8.93. The smallest absolute Gasteiger partial charge is 0.394 e. The number of hydrogen-bond acceptors (Lipinski definition) is 3. The summed E-state index contributed by atoms with van der Waals surface area (Å²) in [5.74, 6) is -6.79. The van der Waals surface area contributed by atoms with Gasteiger partial charge >= 0.3 is 12.1 Å². The standard InChI is InChI=1S/C15H15F4NO4/c1-24-12-3-2-8(4-11(12)16)5-13(21)20-6-9(14(22)23)10(7-20)15(17,18)19/h2-4,9-10H,5-7H2,1H3,(H,22,23)/t9-,10-/m1/s1. The second kappa shape index (κ2) is 6.66. The summed E-state index contributed by atoms with van der Waals surface area (Å²) in [7, 11) is 1.27. The van der Waals surface area contributed by atoms with Crippen LogP contribution in [0, 0.1) is 17.7 Å². The lowest BCUT2D eigenvalue weighted by Gasteiger charge is -2.18. The van der Waals surface area contributed by atoms with Gasteiger partial charge in [-0.1, -0.05) is 6.07 Å². The number of methoxy groups -OCH3 is 1. The molecular weight excluding hydrogens is 334 g/mol. The van der Waals surface area contributed by atoms with Crippen LogP contribution in [0.1, 0.15) is 5.56 Å². The molecule has 0 aliphatic carbocycles. The van der Waals surface area contributed by atoms with Crippen LogP contribution in [0.4, 0.5) is 17.6 Å². The van der Waals surface area contributed by atoms with E-state index in [4.69, 9.17) is 9.84 Å². The maximum Gasteiger partial charge on any atom is 0.394 e. The van der Waals surface area contributed by atoms with E-state index in [1.54, 1.807) is 0 Å². The van der Waals surface area contributed by atoms with E-state index in [2.05, 4.69) is 0 Å². The Hall–Kier alpha value is -2.32. The molecule has 1 aromatic rings. The highest BCUT2D eigenvalue weighted by Crippen LogP contribution is 2.37. The molecule has 1 fully saturated rings. The fourth-order valence-electron chi connectivity index (χ4n) is 2.70. The van der Waals surface area contributed by atoms with Crippen molar-refractivity contribution in [2.75, 3.05) is 20.2 Å². The number of ether oxygens (including phenoxy) is 1. The largest absolute Gasteiger partial charge is 0.494 e. The summed E-state index contributed by atoms with van der Waals surface area (Å²) in [6.45, 7) is -1.23. The van der Waals surface area contributed by atoms with Gasteiger partial charge in [0.25, 0.3) is 0 Å². The van der Waals surface area contributed by atoms with Gasteiger partial charge in [0.05, 0.1) is 25.4 Å². The molecule has 9 heteroatoms. The number of halogens is 4. The van der Waals surface area contributed by atoms with E-state index in [1.807, 2.05) is 0 Å². The van der Waals surface area contributed by atoms with E-state index in [9.17, 15) is 27.2 Å². The van der Waals surface area contributed by atoms with Gasteiger partial charge in [-0.25, -0.2) is 4.39 Å². The Morgan fingerprint density at radius 1 is 1.33 bits per heavy atom. The second-order valence-corrected chi connectivity index (χ2v) is 5.54. The van der Waals surface area contributed by atoms with Crippen LogP contribution in [0.15, 0.2) is 18.2 Å². The summed E-state index contributed by atoms with van der Waals surface area (Å²) < 4.78 is 57.0. The first-order chi connectivity index (χ1) is 11.1. The van der Waals surface area contributed by atoms with Gasteiger partial charge in [-0.05, 0) is 17.7 Å². The molecule has 1 aliphatic rings. The lowest BCUT2D eigenvalue weighted by Crippen LogP contribution is -2.34. The number of amides is 1. The van der Waals surface area contributed by atoms with Gasteiger partial charge in [0, 0.05) is 13.1 Å². The number of carbonyl (C=O) groups is 2. The SMILES string of the molecule is COc1ccc(CC(=O)N2C[C@@H](C(F)(F)F)[C@H](C(=O)O)C2)cc1F. The highest BCUT2D eigenvalue weighted by atomic mass is 19.4. The number of hydrogen-bond donors (Lipinski definition) is 1. The van der Waals surface area contributed by atoms with E-state index < -0.39 is 48.8 Å². The Morgan fingerprint density at radius 3 is 2.46 bits per heavy atom. The molecule has 132 valence electrons. The van der Waals surface area contributed by atoms with Crippen LogP contribution in [0.2, 0.25) is 0 Å². The molecule has 2 atom stereocenters. The number of rotatable bonds is 4. The first kappa shape index (κ1) is 18.0. The normalized spacial score (nSPS) is 21.0. The maximum absolute atomic E-state index is 13.6. The van der Waals surface area contributed by atoms with Gasteiger partial charge in [0.2, 0.25) is 5.91 Å². The minimum atomic E-state index is -4.70. The summed E-state index contributed by atoms with van der Waals surface area (Å²) in [6, 6.07) is 3.79. The molecule has 1 heterocycles. The lowest BCUT2D eigenvalue weighted by molar-refractivity contribution is -0.188.